The molecule has 0 unspecified atom stereocenters. The lowest BCUT2D eigenvalue weighted by Crippen LogP contribution is -2.28. The van der Waals surface area contributed by atoms with Gasteiger partial charge in [0.2, 0.25) is 0 Å². The first-order chi connectivity index (χ1) is 25.2. The van der Waals surface area contributed by atoms with Crippen molar-refractivity contribution in [2.75, 3.05) is 26.4 Å². The van der Waals surface area contributed by atoms with Gasteiger partial charge in [-0.25, -0.2) is 8.78 Å². The molecule has 4 aromatic rings. The molecule has 0 aliphatic carbocycles. The van der Waals surface area contributed by atoms with E-state index in [4.69, 9.17) is 19.7 Å². The van der Waals surface area contributed by atoms with Gasteiger partial charge in [0.05, 0.1) is 13.2 Å². The lowest BCUT2D eigenvalue weighted by molar-refractivity contribution is -0.161. The van der Waals surface area contributed by atoms with E-state index in [1.54, 1.807) is 26.0 Å². The first kappa shape index (κ1) is 42.0. The minimum absolute atomic E-state index is 0.0405. The lowest BCUT2D eigenvalue weighted by Gasteiger charge is -2.14. The van der Waals surface area contributed by atoms with Crippen LogP contribution in [0.1, 0.15) is 75.6 Å². The third kappa shape index (κ3) is 13.0. The van der Waals surface area contributed by atoms with Gasteiger partial charge in [-0.3, -0.25) is 9.59 Å². The van der Waals surface area contributed by atoms with E-state index < -0.39 is 17.9 Å². The van der Waals surface area contributed by atoms with Crippen molar-refractivity contribution in [2.45, 2.75) is 79.1 Å². The number of rotatable bonds is 18. The van der Waals surface area contributed by atoms with Crippen molar-refractivity contribution in [3.05, 3.63) is 119 Å². The van der Waals surface area contributed by atoms with Gasteiger partial charge < -0.3 is 19.7 Å². The molecule has 6 nitrogen and oxygen atoms in total. The number of hydrogen-bond donors (Lipinski definition) is 2. The van der Waals surface area contributed by atoms with Gasteiger partial charge >= 0.3 is 11.9 Å². The zero-order valence-electron chi connectivity index (χ0n) is 31.0. The van der Waals surface area contributed by atoms with E-state index in [9.17, 15) is 18.4 Å². The van der Waals surface area contributed by atoms with Gasteiger partial charge in [-0.05, 0) is 97.9 Å². The number of aliphatic hydroxyl groups is 2. The fourth-order valence-electron chi connectivity index (χ4n) is 5.92. The molecule has 52 heavy (non-hydrogen) atoms. The average Bonchev–Trinajstić information content (AvgIpc) is 3.14. The number of hydrogen-bond acceptors (Lipinski definition) is 6. The monoisotopic (exact) mass is 716 g/mol. The Kier molecular flexibility index (Phi) is 18.2. The van der Waals surface area contributed by atoms with E-state index in [2.05, 4.69) is 26.0 Å². The minimum atomic E-state index is -0.997. The zero-order valence-corrected chi connectivity index (χ0v) is 31.0. The average molecular weight is 717 g/mol. The predicted octanol–water partition coefficient (Wildman–Crippen LogP) is 9.10. The summed E-state index contributed by atoms with van der Waals surface area (Å²) in [5.41, 5.74) is 6.96. The highest BCUT2D eigenvalue weighted by Crippen LogP contribution is 2.27. The summed E-state index contributed by atoms with van der Waals surface area (Å²) in [6.07, 6.45) is 6.10. The number of esters is 2. The molecule has 0 bridgehead atoms. The van der Waals surface area contributed by atoms with Crippen LogP contribution in [-0.2, 0) is 44.7 Å². The van der Waals surface area contributed by atoms with Crippen LogP contribution in [0.2, 0.25) is 0 Å². The van der Waals surface area contributed by atoms with Crippen LogP contribution in [0.4, 0.5) is 8.78 Å². The Hall–Kier alpha value is -4.40. The van der Waals surface area contributed by atoms with Crippen molar-refractivity contribution in [1.82, 2.24) is 0 Å². The third-order valence-corrected chi connectivity index (χ3v) is 8.90. The Morgan fingerprint density at radius 3 is 1.29 bits per heavy atom. The van der Waals surface area contributed by atoms with Crippen molar-refractivity contribution < 1.29 is 38.1 Å². The molecular formula is C44H54F2O6. The normalized spacial score (nSPS) is 11.0. The molecule has 0 aliphatic rings. The van der Waals surface area contributed by atoms with Crippen LogP contribution in [0.15, 0.2) is 84.9 Å². The zero-order chi connectivity index (χ0) is 37.9. The second kappa shape index (κ2) is 22.5. The van der Waals surface area contributed by atoms with Crippen LogP contribution in [-0.4, -0.2) is 48.6 Å². The van der Waals surface area contributed by atoms with Gasteiger partial charge in [-0.15, -0.1) is 0 Å². The first-order valence-electron chi connectivity index (χ1n) is 18.5. The van der Waals surface area contributed by atoms with Gasteiger partial charge in [0.1, 0.15) is 11.6 Å². The van der Waals surface area contributed by atoms with Gasteiger partial charge in [0.25, 0.3) is 0 Å². The Balaban J connectivity index is 0.000000288. The molecule has 0 heterocycles. The fraction of sp³-hybridized carbons (Fsp3) is 0.409. The van der Waals surface area contributed by atoms with Crippen LogP contribution >= 0.6 is 0 Å². The highest BCUT2D eigenvalue weighted by Gasteiger charge is 2.29. The number of carbonyl (C=O) groups excluding carboxylic acids is 2. The van der Waals surface area contributed by atoms with Gasteiger partial charge in [0.15, 0.2) is 5.92 Å². The Bertz CT molecular complexity index is 1650. The van der Waals surface area contributed by atoms with Crippen LogP contribution in [0.3, 0.4) is 0 Å². The molecule has 8 heteroatoms. The number of aryl methyl sites for hydroxylation is 4. The summed E-state index contributed by atoms with van der Waals surface area (Å²) >= 11 is 0. The topological polar surface area (TPSA) is 93.1 Å². The molecule has 0 amide bonds. The molecule has 0 spiro atoms. The third-order valence-electron chi connectivity index (χ3n) is 8.90. The molecule has 4 aromatic carbocycles. The molecule has 0 radical (unpaired) electrons. The Morgan fingerprint density at radius 2 is 0.942 bits per heavy atom. The van der Waals surface area contributed by atoms with E-state index >= 15 is 0 Å². The largest absolute Gasteiger partial charge is 0.465 e. The standard InChI is InChI=1S/C24H29FO4.C20H25FO2/c1-4-7-17-8-12-19(13-9-17)20-14-10-18(16-22(20)25)11-15-21(23(26)28-5-2)24(27)29-6-3;1-2-3-15-6-9-18(10-7-15)19-11-8-16(12-20(19)21)4-5-17(13-22)14-23/h8-10,12-14,16,21H,4-7,11,15H2,1-3H3;6-12,17,22-23H,2-5,13-14H2,1H3. The van der Waals surface area contributed by atoms with Crippen LogP contribution in [0.25, 0.3) is 22.3 Å². The quantitative estimate of drug-likeness (QED) is 0.0789. The summed E-state index contributed by atoms with van der Waals surface area (Å²) in [6, 6.07) is 26.3. The van der Waals surface area contributed by atoms with E-state index in [1.807, 2.05) is 54.6 Å². The van der Waals surface area contributed by atoms with Gasteiger partial charge in [-0.2, -0.15) is 0 Å². The molecule has 0 saturated carbocycles. The summed E-state index contributed by atoms with van der Waals surface area (Å²) in [5.74, 6) is -2.89. The van der Waals surface area contributed by atoms with Crippen LogP contribution < -0.4 is 0 Å². The van der Waals surface area contributed by atoms with Crippen LogP contribution in [0.5, 0.6) is 0 Å². The predicted molar refractivity (Wildman–Crippen MR) is 203 cm³/mol. The summed E-state index contributed by atoms with van der Waals surface area (Å²) in [4.78, 5) is 24.1. The molecule has 0 saturated heterocycles. The fourth-order valence-corrected chi connectivity index (χ4v) is 5.92. The molecule has 0 aromatic heterocycles. The maximum Gasteiger partial charge on any atom is 0.320 e. The van der Waals surface area contributed by atoms with Crippen molar-refractivity contribution in [3.63, 3.8) is 0 Å². The molecular weight excluding hydrogens is 662 g/mol. The molecule has 4 rings (SSSR count). The second-order valence-electron chi connectivity index (χ2n) is 12.9. The molecule has 280 valence electrons. The van der Waals surface area contributed by atoms with Crippen molar-refractivity contribution in [3.8, 4) is 22.3 Å². The summed E-state index contributed by atoms with van der Waals surface area (Å²) in [7, 11) is 0. The number of carbonyl (C=O) groups is 2. The lowest BCUT2D eigenvalue weighted by atomic mass is 9.96. The van der Waals surface area contributed by atoms with E-state index in [1.165, 1.54) is 17.2 Å². The SMILES string of the molecule is CCCc1ccc(-c2ccc(CCC(C(=O)OCC)C(=O)OCC)cc2F)cc1.CCCc1ccc(-c2ccc(CCC(CO)CO)cc2F)cc1. The highest BCUT2D eigenvalue weighted by atomic mass is 19.1. The first-order valence-corrected chi connectivity index (χ1v) is 18.5. The van der Waals surface area contributed by atoms with Crippen LogP contribution in [0, 0.1) is 23.5 Å². The van der Waals surface area contributed by atoms with E-state index in [0.717, 1.165) is 42.4 Å². The summed E-state index contributed by atoms with van der Waals surface area (Å²) < 4.78 is 39.0. The van der Waals surface area contributed by atoms with Gasteiger partial charge in [0, 0.05) is 30.3 Å². The van der Waals surface area contributed by atoms with Crippen molar-refractivity contribution in [2.24, 2.45) is 11.8 Å². The number of aliphatic hydroxyl groups excluding tert-OH is 2. The minimum Gasteiger partial charge on any atom is -0.465 e. The van der Waals surface area contributed by atoms with E-state index in [-0.39, 0.29) is 50.4 Å². The molecule has 0 atom stereocenters. The number of benzene rings is 4. The Labute approximate surface area is 307 Å². The number of halogens is 2. The smallest absolute Gasteiger partial charge is 0.320 e. The molecule has 0 aliphatic heterocycles. The maximum atomic E-state index is 14.7. The maximum absolute atomic E-state index is 14.7. The summed E-state index contributed by atoms with van der Waals surface area (Å²) in [6.45, 7) is 7.93. The van der Waals surface area contributed by atoms with E-state index in [0.29, 0.717) is 36.0 Å². The summed E-state index contributed by atoms with van der Waals surface area (Å²) in [5, 5.41) is 18.2. The van der Waals surface area contributed by atoms with Gasteiger partial charge in [-0.1, -0.05) is 99.5 Å². The Morgan fingerprint density at radius 1 is 0.558 bits per heavy atom. The molecule has 0 fully saturated rings. The highest BCUT2D eigenvalue weighted by molar-refractivity contribution is 5.94. The molecule has 2 N–H and O–H groups in total. The van der Waals surface area contributed by atoms with Crippen molar-refractivity contribution >= 4 is 11.9 Å². The second-order valence-corrected chi connectivity index (χ2v) is 12.9. The van der Waals surface area contributed by atoms with Crippen molar-refractivity contribution in [1.29, 1.82) is 0 Å². The number of ether oxygens (including phenoxy) is 2.